The molecule has 3 aromatic rings. The highest BCUT2D eigenvalue weighted by Gasteiger charge is 2.18. The number of aromatic nitrogens is 5. The molecule has 2 N–H and O–H groups in total. The zero-order chi connectivity index (χ0) is 17.1. The quantitative estimate of drug-likeness (QED) is 0.685. The number of para-hydroxylation sites is 1. The summed E-state index contributed by atoms with van der Waals surface area (Å²) in [5.41, 5.74) is 1.69. The van der Waals surface area contributed by atoms with E-state index in [0.29, 0.717) is 18.9 Å². The van der Waals surface area contributed by atoms with Gasteiger partial charge in [-0.15, -0.1) is 5.10 Å². The number of benzene rings is 1. The molecule has 9 heteroatoms. The van der Waals surface area contributed by atoms with Crippen molar-refractivity contribution < 1.29 is 9.32 Å². The Bertz CT molecular complexity index is 896. The highest BCUT2D eigenvalue weighted by atomic mass is 16.5. The van der Waals surface area contributed by atoms with E-state index in [1.165, 1.54) is 0 Å². The van der Waals surface area contributed by atoms with Crippen molar-refractivity contribution in [3.05, 3.63) is 40.6 Å². The first kappa shape index (κ1) is 15.9. The molecule has 0 aliphatic carbocycles. The summed E-state index contributed by atoms with van der Waals surface area (Å²) in [6.07, 6.45) is 0. The SMILES string of the molecule is CC(Cn1nnc2ccccc21)C(=O)NCC(C)c1noc(=O)[nH]1. The number of carbonyl (C=O) groups is 1. The van der Waals surface area contributed by atoms with E-state index in [1.807, 2.05) is 38.1 Å². The van der Waals surface area contributed by atoms with Gasteiger partial charge in [0.25, 0.3) is 0 Å². The average molecular weight is 330 g/mol. The van der Waals surface area contributed by atoms with Crippen LogP contribution in [0.4, 0.5) is 0 Å². The van der Waals surface area contributed by atoms with Crippen molar-refractivity contribution in [1.29, 1.82) is 0 Å². The summed E-state index contributed by atoms with van der Waals surface area (Å²) in [4.78, 5) is 25.7. The molecule has 0 spiro atoms. The zero-order valence-corrected chi connectivity index (χ0v) is 13.4. The maximum atomic E-state index is 12.3. The van der Waals surface area contributed by atoms with Crippen LogP contribution in [0.1, 0.15) is 25.6 Å². The van der Waals surface area contributed by atoms with E-state index in [9.17, 15) is 9.59 Å². The Labute approximate surface area is 137 Å². The standard InChI is InChI=1S/C15H18N6O3/c1-9(13-17-15(23)24-19-13)7-16-14(22)10(2)8-21-12-6-4-3-5-11(12)18-20-21/h3-6,9-10H,7-8H2,1-2H3,(H,16,22)(H,17,19,23). The van der Waals surface area contributed by atoms with E-state index in [2.05, 4.69) is 30.3 Å². The lowest BCUT2D eigenvalue weighted by Crippen LogP contribution is -2.34. The number of amides is 1. The molecule has 0 aliphatic heterocycles. The van der Waals surface area contributed by atoms with Crippen molar-refractivity contribution in [2.75, 3.05) is 6.54 Å². The van der Waals surface area contributed by atoms with Crippen molar-refractivity contribution in [2.45, 2.75) is 26.3 Å². The first-order valence-corrected chi connectivity index (χ1v) is 7.66. The van der Waals surface area contributed by atoms with E-state index in [0.717, 1.165) is 11.0 Å². The molecule has 0 saturated carbocycles. The van der Waals surface area contributed by atoms with Crippen LogP contribution in [-0.2, 0) is 11.3 Å². The smallest absolute Gasteiger partial charge is 0.355 e. The van der Waals surface area contributed by atoms with E-state index in [1.54, 1.807) is 4.68 Å². The average Bonchev–Trinajstić information content (AvgIpc) is 3.19. The molecule has 1 aromatic carbocycles. The third-order valence-electron chi connectivity index (χ3n) is 3.82. The second-order valence-corrected chi connectivity index (χ2v) is 5.79. The van der Waals surface area contributed by atoms with Crippen molar-refractivity contribution in [2.24, 2.45) is 5.92 Å². The molecule has 3 rings (SSSR count). The molecule has 1 amide bonds. The fraction of sp³-hybridized carbons (Fsp3) is 0.400. The summed E-state index contributed by atoms with van der Waals surface area (Å²) in [5, 5.41) is 14.6. The first-order chi connectivity index (χ1) is 11.5. The number of fused-ring (bicyclic) bond motifs is 1. The fourth-order valence-corrected chi connectivity index (χ4v) is 2.37. The van der Waals surface area contributed by atoms with E-state index >= 15 is 0 Å². The number of hydrogen-bond acceptors (Lipinski definition) is 6. The van der Waals surface area contributed by atoms with Crippen LogP contribution in [0, 0.1) is 5.92 Å². The molecular weight excluding hydrogens is 312 g/mol. The molecular formula is C15H18N6O3. The normalized spacial score (nSPS) is 13.8. The largest absolute Gasteiger partial charge is 0.438 e. The number of H-pyrrole nitrogens is 1. The van der Waals surface area contributed by atoms with Gasteiger partial charge in [-0.3, -0.25) is 14.3 Å². The molecule has 24 heavy (non-hydrogen) atoms. The van der Waals surface area contributed by atoms with E-state index < -0.39 is 5.76 Å². The van der Waals surface area contributed by atoms with E-state index in [-0.39, 0.29) is 17.7 Å². The zero-order valence-electron chi connectivity index (χ0n) is 13.4. The maximum Gasteiger partial charge on any atom is 0.438 e. The Morgan fingerprint density at radius 2 is 2.17 bits per heavy atom. The van der Waals surface area contributed by atoms with Gasteiger partial charge in [-0.2, -0.15) is 0 Å². The van der Waals surface area contributed by atoms with Gasteiger partial charge in [-0.1, -0.05) is 36.4 Å². The lowest BCUT2D eigenvalue weighted by molar-refractivity contribution is -0.125. The second-order valence-electron chi connectivity index (χ2n) is 5.79. The van der Waals surface area contributed by atoms with Crippen molar-refractivity contribution in [3.63, 3.8) is 0 Å². The predicted octanol–water partition coefficient (Wildman–Crippen LogP) is 0.664. The third kappa shape index (κ3) is 3.34. The van der Waals surface area contributed by atoms with Crippen molar-refractivity contribution >= 4 is 16.9 Å². The number of rotatable bonds is 6. The summed E-state index contributed by atoms with van der Waals surface area (Å²) < 4.78 is 6.18. The third-order valence-corrected chi connectivity index (χ3v) is 3.82. The van der Waals surface area contributed by atoms with E-state index in [4.69, 9.17) is 0 Å². The molecule has 0 bridgehead atoms. The second kappa shape index (κ2) is 6.65. The highest BCUT2D eigenvalue weighted by Crippen LogP contribution is 2.12. The summed E-state index contributed by atoms with van der Waals surface area (Å²) in [7, 11) is 0. The summed E-state index contributed by atoms with van der Waals surface area (Å²) in [5.74, 6) is -0.726. The lowest BCUT2D eigenvalue weighted by atomic mass is 10.1. The van der Waals surface area contributed by atoms with Crippen LogP contribution >= 0.6 is 0 Å². The van der Waals surface area contributed by atoms with Crippen LogP contribution in [0.25, 0.3) is 11.0 Å². The van der Waals surface area contributed by atoms with Crippen LogP contribution in [0.3, 0.4) is 0 Å². The highest BCUT2D eigenvalue weighted by molar-refractivity contribution is 5.79. The minimum atomic E-state index is -0.602. The Balaban J connectivity index is 1.57. The van der Waals surface area contributed by atoms with Gasteiger partial charge in [0.1, 0.15) is 5.52 Å². The fourth-order valence-electron chi connectivity index (χ4n) is 2.37. The van der Waals surface area contributed by atoms with Gasteiger partial charge < -0.3 is 5.32 Å². The molecule has 2 heterocycles. The summed E-state index contributed by atoms with van der Waals surface area (Å²) in [6, 6.07) is 7.60. The monoisotopic (exact) mass is 330 g/mol. The van der Waals surface area contributed by atoms with Crippen LogP contribution in [0.5, 0.6) is 0 Å². The van der Waals surface area contributed by atoms with Crippen LogP contribution in [0.2, 0.25) is 0 Å². The molecule has 0 aliphatic rings. The Morgan fingerprint density at radius 1 is 1.38 bits per heavy atom. The van der Waals surface area contributed by atoms with Gasteiger partial charge in [-0.05, 0) is 12.1 Å². The molecule has 0 radical (unpaired) electrons. The Morgan fingerprint density at radius 3 is 2.92 bits per heavy atom. The molecule has 126 valence electrons. The maximum absolute atomic E-state index is 12.3. The van der Waals surface area contributed by atoms with Gasteiger partial charge in [-0.25, -0.2) is 9.48 Å². The number of aromatic amines is 1. The molecule has 2 aromatic heterocycles. The minimum Gasteiger partial charge on any atom is -0.355 e. The van der Waals surface area contributed by atoms with Crippen LogP contribution < -0.4 is 11.1 Å². The lowest BCUT2D eigenvalue weighted by Gasteiger charge is -2.14. The van der Waals surface area contributed by atoms with Gasteiger partial charge in [0.15, 0.2) is 5.82 Å². The van der Waals surface area contributed by atoms with Gasteiger partial charge >= 0.3 is 5.76 Å². The van der Waals surface area contributed by atoms with Gasteiger partial charge in [0.05, 0.1) is 18.0 Å². The number of hydrogen-bond donors (Lipinski definition) is 2. The van der Waals surface area contributed by atoms with Crippen molar-refractivity contribution in [1.82, 2.24) is 30.5 Å². The first-order valence-electron chi connectivity index (χ1n) is 7.66. The Kier molecular flexibility index (Phi) is 4.41. The van der Waals surface area contributed by atoms with Crippen molar-refractivity contribution in [3.8, 4) is 0 Å². The molecule has 9 nitrogen and oxygen atoms in total. The topological polar surface area (TPSA) is 119 Å². The number of nitrogens with zero attached hydrogens (tertiary/aromatic N) is 4. The molecule has 0 fully saturated rings. The molecule has 0 saturated heterocycles. The van der Waals surface area contributed by atoms with Gasteiger partial charge in [0, 0.05) is 12.5 Å². The summed E-state index contributed by atoms with van der Waals surface area (Å²) in [6.45, 7) is 4.45. The number of nitrogens with one attached hydrogen (secondary N) is 2. The summed E-state index contributed by atoms with van der Waals surface area (Å²) >= 11 is 0. The van der Waals surface area contributed by atoms with Crippen LogP contribution in [0.15, 0.2) is 33.6 Å². The van der Waals surface area contributed by atoms with Crippen LogP contribution in [-0.4, -0.2) is 37.6 Å². The number of carbonyl (C=O) groups excluding carboxylic acids is 1. The van der Waals surface area contributed by atoms with Gasteiger partial charge in [0.2, 0.25) is 5.91 Å². The molecule has 2 unspecified atom stereocenters. The predicted molar refractivity (Wildman–Crippen MR) is 85.2 cm³/mol. The Hall–Kier alpha value is -2.97. The minimum absolute atomic E-state index is 0.104. The molecule has 2 atom stereocenters.